The van der Waals surface area contributed by atoms with E-state index < -0.39 is 28.4 Å². The molecule has 4 heteroatoms. The molecule has 0 bridgehead atoms. The Morgan fingerprint density at radius 2 is 1.08 bits per heavy atom. The number of allylic oxidation sites excluding steroid dienone is 8. The zero-order valence-corrected chi connectivity index (χ0v) is 23.6. The molecule has 4 aliphatic carbocycles. The summed E-state index contributed by atoms with van der Waals surface area (Å²) in [5, 5.41) is 0. The van der Waals surface area contributed by atoms with Crippen LogP contribution in [0.3, 0.4) is 0 Å². The van der Waals surface area contributed by atoms with Crippen LogP contribution in [-0.4, -0.2) is 10.1 Å². The van der Waals surface area contributed by atoms with Crippen molar-refractivity contribution in [3.8, 4) is 0 Å². The fourth-order valence-electron chi connectivity index (χ4n) is 6.41. The van der Waals surface area contributed by atoms with Crippen molar-refractivity contribution in [3.63, 3.8) is 0 Å². The van der Waals surface area contributed by atoms with E-state index in [1.807, 2.05) is 0 Å². The van der Waals surface area contributed by atoms with E-state index >= 15 is 0 Å². The zero-order valence-electron chi connectivity index (χ0n) is 16.4. The second-order valence-corrected chi connectivity index (χ2v) is 49.8. The largest absolute Gasteiger partial charge is 1.00 e. The van der Waals surface area contributed by atoms with Crippen molar-refractivity contribution in [2.75, 3.05) is 0 Å². The first kappa shape index (κ1) is 23.2. The second-order valence-electron chi connectivity index (χ2n) is 8.95. The summed E-state index contributed by atoms with van der Waals surface area (Å²) in [4.78, 5) is 0. The smallest absolute Gasteiger partial charge is 1.00 e. The number of rotatable bonds is 2. The van der Waals surface area contributed by atoms with E-state index in [4.69, 9.17) is 0 Å². The van der Waals surface area contributed by atoms with Gasteiger partial charge in [-0.3, -0.25) is 0 Å². The minimum Gasteiger partial charge on any atom is -1.00 e. The molecule has 2 saturated carbocycles. The molecule has 0 N–H and O–H groups in total. The Bertz CT molecular complexity index is 609. The van der Waals surface area contributed by atoms with Crippen LogP contribution in [0.2, 0.25) is 18.9 Å². The average molecular weight is 619 g/mol. The van der Waals surface area contributed by atoms with Gasteiger partial charge in [0.25, 0.3) is 0 Å². The van der Waals surface area contributed by atoms with Gasteiger partial charge in [-0.05, 0) is 0 Å². The quantitative estimate of drug-likeness (QED) is 0.390. The van der Waals surface area contributed by atoms with Gasteiger partial charge in [0, 0.05) is 0 Å². The summed E-state index contributed by atoms with van der Waals surface area (Å²) < 4.78 is 2.30. The Labute approximate surface area is 181 Å². The molecule has 2 fully saturated rings. The van der Waals surface area contributed by atoms with E-state index in [9.17, 15) is 0 Å². The van der Waals surface area contributed by atoms with Gasteiger partial charge in [0.2, 0.25) is 0 Å². The number of fused-ring (bicyclic) bond motifs is 2. The van der Waals surface area contributed by atoms with Gasteiger partial charge >= 0.3 is 158 Å². The monoisotopic (exact) mass is 620 g/mol. The molecule has 8 unspecified atom stereocenters. The van der Waals surface area contributed by atoms with Crippen molar-refractivity contribution in [1.29, 1.82) is 0 Å². The van der Waals surface area contributed by atoms with Gasteiger partial charge in [-0.15, -0.1) is 0 Å². The third kappa shape index (κ3) is 4.12. The molecule has 0 amide bonds. The Kier molecular flexibility index (Phi) is 8.61. The van der Waals surface area contributed by atoms with Gasteiger partial charge in [0.05, 0.1) is 0 Å². The van der Waals surface area contributed by atoms with Gasteiger partial charge in [-0.25, -0.2) is 0 Å². The number of halogens is 2. The molecule has 0 heterocycles. The summed E-state index contributed by atoms with van der Waals surface area (Å²) in [6, 6.07) is 0. The summed E-state index contributed by atoms with van der Waals surface area (Å²) in [5.41, 5.74) is 0. The topological polar surface area (TPSA) is 0 Å². The van der Waals surface area contributed by atoms with Crippen LogP contribution in [0.1, 0.15) is 26.7 Å². The van der Waals surface area contributed by atoms with Crippen molar-refractivity contribution in [2.45, 2.75) is 45.6 Å². The first-order valence-corrected chi connectivity index (χ1v) is 28.7. The molecule has 0 nitrogen and oxygen atoms in total. The number of hydrogen-bond donors (Lipinski definition) is 0. The molecule has 0 aromatic heterocycles. The fourth-order valence-corrected chi connectivity index (χ4v) is 63.0. The summed E-state index contributed by atoms with van der Waals surface area (Å²) >= 11 is -1.65. The third-order valence-corrected chi connectivity index (χ3v) is 54.7. The molecule has 26 heavy (non-hydrogen) atoms. The Hall–Kier alpha value is 0.953. The summed E-state index contributed by atoms with van der Waals surface area (Å²) in [6.45, 7) is 5.23. The van der Waals surface area contributed by atoms with Crippen molar-refractivity contribution < 1.29 is 43.2 Å². The van der Waals surface area contributed by atoms with E-state index in [-0.39, 0.29) is 24.8 Å². The van der Waals surface area contributed by atoms with Gasteiger partial charge in [0.15, 0.2) is 0 Å². The summed E-state index contributed by atoms with van der Waals surface area (Å²) in [6.07, 6.45) is 22.6. The van der Waals surface area contributed by atoms with Crippen molar-refractivity contribution in [2.24, 2.45) is 35.5 Å². The first-order chi connectivity index (χ1) is 11.6. The van der Waals surface area contributed by atoms with Gasteiger partial charge in [-0.1, -0.05) is 0 Å². The Balaban J connectivity index is 0.00000121. The molecule has 0 spiro atoms. The van der Waals surface area contributed by atoms with Crippen LogP contribution in [0.25, 0.3) is 0 Å². The molecule has 0 aliphatic heterocycles. The van der Waals surface area contributed by atoms with E-state index in [0.29, 0.717) is 0 Å². The van der Waals surface area contributed by atoms with Gasteiger partial charge in [0.1, 0.15) is 0 Å². The van der Waals surface area contributed by atoms with Crippen LogP contribution in [-0.2, 0) is 18.3 Å². The van der Waals surface area contributed by atoms with Gasteiger partial charge in [-0.2, -0.15) is 0 Å². The standard InChI is InChI=1S/2C10H13.C2H6Ge.2ClH.Hf/c2*1-8-6-9-4-2-3-5-10(9)7-8;1-3-2;;;/h2*2-6,8-10H,7H2,1H3;1-2H3;2*1H;/q;;;;;+2/p-2. The van der Waals surface area contributed by atoms with Gasteiger partial charge < -0.3 is 24.8 Å². The normalized spacial score (nSPS) is 41.5. The SMILES string of the molecule is CC1CC2C=CC=CC2[CH]1[Hf+2]([CH]1C(C)CC2C=CC=CC21)=[Ge]([CH3])[CH3].[Cl-].[Cl-]. The zero-order chi connectivity index (χ0) is 16.8. The molecule has 0 saturated heterocycles. The van der Waals surface area contributed by atoms with Crippen molar-refractivity contribution in [1.82, 2.24) is 0 Å². The van der Waals surface area contributed by atoms with E-state index in [1.54, 1.807) is 0 Å². The Morgan fingerprint density at radius 3 is 1.46 bits per heavy atom. The van der Waals surface area contributed by atoms with E-state index in [1.165, 1.54) is 12.8 Å². The van der Waals surface area contributed by atoms with Crippen molar-refractivity contribution >= 4 is 10.1 Å². The molecule has 0 aromatic rings. The predicted octanol–water partition coefficient (Wildman–Crippen LogP) is 0.237. The maximum absolute atomic E-state index is 2.76. The molecular weight excluding hydrogens is 586 g/mol. The average Bonchev–Trinajstić information content (AvgIpc) is 3.05. The fraction of sp³-hybridized carbons (Fsp3) is 0.636. The van der Waals surface area contributed by atoms with Crippen molar-refractivity contribution in [3.05, 3.63) is 48.6 Å². The Morgan fingerprint density at radius 1 is 0.692 bits per heavy atom. The van der Waals surface area contributed by atoms with Crippen LogP contribution in [0, 0.1) is 35.5 Å². The second kappa shape index (κ2) is 9.64. The van der Waals surface area contributed by atoms with Crippen LogP contribution >= 0.6 is 0 Å². The summed E-state index contributed by atoms with van der Waals surface area (Å²) in [5.74, 6) is 11.1. The molecule has 0 radical (unpaired) electrons. The predicted molar refractivity (Wildman–Crippen MR) is 103 cm³/mol. The van der Waals surface area contributed by atoms with Crippen LogP contribution in [0.15, 0.2) is 48.6 Å². The van der Waals surface area contributed by atoms with Crippen LogP contribution in [0.5, 0.6) is 0 Å². The van der Waals surface area contributed by atoms with E-state index in [0.717, 1.165) is 42.9 Å². The van der Waals surface area contributed by atoms with E-state index in [2.05, 4.69) is 74.0 Å². The number of hydrogen-bond acceptors (Lipinski definition) is 0. The molecule has 142 valence electrons. The minimum atomic E-state index is -1.65. The third-order valence-electron chi connectivity index (χ3n) is 7.23. The maximum Gasteiger partial charge on any atom is -1.00 e. The van der Waals surface area contributed by atoms with Crippen LogP contribution < -0.4 is 24.8 Å². The first-order valence-electron chi connectivity index (χ1n) is 9.95. The molecule has 8 atom stereocenters. The molecular formula is C22H32Cl2GeHf. The summed E-state index contributed by atoms with van der Waals surface area (Å²) in [7, 11) is -0.804. The molecule has 0 aromatic carbocycles. The maximum atomic E-state index is 2.76. The van der Waals surface area contributed by atoms with Crippen LogP contribution in [0.4, 0.5) is 0 Å². The molecule has 4 rings (SSSR count). The minimum absolute atomic E-state index is 0. The molecule has 4 aliphatic rings.